The van der Waals surface area contributed by atoms with Crippen molar-refractivity contribution in [3.8, 4) is 17.0 Å². The van der Waals surface area contributed by atoms with Crippen molar-refractivity contribution in [2.75, 3.05) is 20.3 Å². The molecule has 2 aromatic rings. The zero-order valence-corrected chi connectivity index (χ0v) is 14.6. The third-order valence-electron chi connectivity index (χ3n) is 3.45. The minimum Gasteiger partial charge on any atom is -0.491 e. The minimum absolute atomic E-state index is 0.0484. The zero-order chi connectivity index (χ0) is 16.1. The number of nitrogens with zero attached hydrogens (tertiary/aromatic N) is 1. The fourth-order valence-electron chi connectivity index (χ4n) is 2.27. The number of ether oxygens (including phenoxy) is 2. The highest BCUT2D eigenvalue weighted by atomic mass is 79.9. The van der Waals surface area contributed by atoms with Gasteiger partial charge in [0.2, 0.25) is 0 Å². The third kappa shape index (κ3) is 3.59. The molecule has 0 saturated heterocycles. The number of aromatic nitrogens is 1. The topological polar surface area (TPSA) is 40.5 Å². The first-order valence-electron chi connectivity index (χ1n) is 7.20. The van der Waals surface area contributed by atoms with Crippen molar-refractivity contribution in [3.05, 3.63) is 50.7 Å². The summed E-state index contributed by atoms with van der Waals surface area (Å²) >= 11 is 3.57. The van der Waals surface area contributed by atoms with E-state index in [4.69, 9.17) is 9.47 Å². The van der Waals surface area contributed by atoms with Crippen molar-refractivity contribution in [2.45, 2.75) is 20.4 Å². The quantitative estimate of drug-likeness (QED) is 0.733. The maximum absolute atomic E-state index is 12.3. The van der Waals surface area contributed by atoms with Crippen LogP contribution in [-0.2, 0) is 11.3 Å². The molecule has 0 atom stereocenters. The van der Waals surface area contributed by atoms with Crippen LogP contribution in [0.2, 0.25) is 0 Å². The number of pyridine rings is 1. The van der Waals surface area contributed by atoms with E-state index in [0.717, 1.165) is 27.0 Å². The molecule has 5 heteroatoms. The maximum atomic E-state index is 12.3. The van der Waals surface area contributed by atoms with E-state index in [1.807, 2.05) is 44.2 Å². The molecule has 0 spiro atoms. The minimum atomic E-state index is 0.0484. The van der Waals surface area contributed by atoms with E-state index < -0.39 is 0 Å². The van der Waals surface area contributed by atoms with Crippen molar-refractivity contribution in [2.24, 2.45) is 0 Å². The number of benzene rings is 1. The van der Waals surface area contributed by atoms with Gasteiger partial charge in [-0.15, -0.1) is 0 Å². The zero-order valence-electron chi connectivity index (χ0n) is 13.1. The number of methoxy groups -OCH3 is 1. The van der Waals surface area contributed by atoms with Crippen LogP contribution >= 0.6 is 15.9 Å². The molecule has 0 aliphatic heterocycles. The lowest BCUT2D eigenvalue weighted by Gasteiger charge is -2.14. The lowest BCUT2D eigenvalue weighted by atomic mass is 10.1. The molecule has 0 saturated carbocycles. The summed E-state index contributed by atoms with van der Waals surface area (Å²) in [6.07, 6.45) is 0. The van der Waals surface area contributed by atoms with Crippen LogP contribution in [-0.4, -0.2) is 24.9 Å². The van der Waals surface area contributed by atoms with Gasteiger partial charge in [0.15, 0.2) is 0 Å². The molecule has 0 radical (unpaired) electrons. The summed E-state index contributed by atoms with van der Waals surface area (Å²) in [7, 11) is 1.64. The van der Waals surface area contributed by atoms with Gasteiger partial charge in [-0.25, -0.2) is 0 Å². The Hall–Kier alpha value is -1.59. The van der Waals surface area contributed by atoms with Crippen LogP contribution in [0.3, 0.4) is 0 Å². The predicted octanol–water partition coefficient (Wildman–Crippen LogP) is 3.63. The van der Waals surface area contributed by atoms with Crippen molar-refractivity contribution in [1.29, 1.82) is 0 Å². The van der Waals surface area contributed by atoms with Crippen LogP contribution in [0.15, 0.2) is 39.6 Å². The molecule has 4 nitrogen and oxygen atoms in total. The van der Waals surface area contributed by atoms with Crippen molar-refractivity contribution in [1.82, 2.24) is 4.57 Å². The van der Waals surface area contributed by atoms with Crippen molar-refractivity contribution >= 4 is 15.9 Å². The standard InChI is InChI=1S/C17H20BrNO3/c1-4-19-16(8-5-12(2)17(19)20)14-7-6-13(11-15(14)18)22-10-9-21-3/h5-8,11H,4,9-10H2,1-3H3. The molecule has 1 heterocycles. The average Bonchev–Trinajstić information content (AvgIpc) is 2.51. The van der Waals surface area contributed by atoms with Crippen molar-refractivity contribution in [3.63, 3.8) is 0 Å². The second-order valence-corrected chi connectivity index (χ2v) is 5.79. The van der Waals surface area contributed by atoms with E-state index in [1.54, 1.807) is 11.7 Å². The van der Waals surface area contributed by atoms with Crippen LogP contribution in [0.1, 0.15) is 12.5 Å². The summed E-state index contributed by atoms with van der Waals surface area (Å²) in [6.45, 7) is 5.49. The third-order valence-corrected chi connectivity index (χ3v) is 4.11. The lowest BCUT2D eigenvalue weighted by molar-refractivity contribution is 0.146. The van der Waals surface area contributed by atoms with Gasteiger partial charge in [0.05, 0.1) is 12.3 Å². The van der Waals surface area contributed by atoms with E-state index in [-0.39, 0.29) is 5.56 Å². The van der Waals surface area contributed by atoms with Gasteiger partial charge in [0.1, 0.15) is 12.4 Å². The van der Waals surface area contributed by atoms with Crippen LogP contribution < -0.4 is 10.3 Å². The second kappa shape index (κ2) is 7.61. The molecule has 2 rings (SSSR count). The van der Waals surface area contributed by atoms with Crippen LogP contribution in [0.4, 0.5) is 0 Å². The van der Waals surface area contributed by atoms with Gasteiger partial charge in [-0.05, 0) is 54.0 Å². The van der Waals surface area contributed by atoms with Gasteiger partial charge < -0.3 is 14.0 Å². The summed E-state index contributed by atoms with van der Waals surface area (Å²) in [5.41, 5.74) is 2.67. The van der Waals surface area contributed by atoms with Gasteiger partial charge in [-0.3, -0.25) is 4.79 Å². The molecule has 1 aromatic carbocycles. The van der Waals surface area contributed by atoms with E-state index in [2.05, 4.69) is 15.9 Å². The first kappa shape index (κ1) is 16.8. The highest BCUT2D eigenvalue weighted by Crippen LogP contribution is 2.31. The fourth-order valence-corrected chi connectivity index (χ4v) is 2.83. The molecule has 0 aliphatic rings. The Bertz CT molecular complexity index is 710. The first-order valence-corrected chi connectivity index (χ1v) is 8.00. The molecular weight excluding hydrogens is 346 g/mol. The smallest absolute Gasteiger partial charge is 0.253 e. The first-order chi connectivity index (χ1) is 10.6. The summed E-state index contributed by atoms with van der Waals surface area (Å²) in [5, 5.41) is 0. The van der Waals surface area contributed by atoms with E-state index in [9.17, 15) is 4.79 Å². The molecule has 0 amide bonds. The van der Waals surface area contributed by atoms with Crippen LogP contribution in [0, 0.1) is 6.92 Å². The molecule has 22 heavy (non-hydrogen) atoms. The van der Waals surface area contributed by atoms with E-state index in [1.165, 1.54) is 0 Å². The summed E-state index contributed by atoms with van der Waals surface area (Å²) in [5.74, 6) is 0.769. The fraction of sp³-hybridized carbons (Fsp3) is 0.353. The average molecular weight is 366 g/mol. The van der Waals surface area contributed by atoms with Crippen molar-refractivity contribution < 1.29 is 9.47 Å². The van der Waals surface area contributed by atoms with Gasteiger partial charge in [0, 0.05) is 29.3 Å². The Morgan fingerprint density at radius 3 is 2.59 bits per heavy atom. The normalized spacial score (nSPS) is 10.7. The Morgan fingerprint density at radius 2 is 1.95 bits per heavy atom. The van der Waals surface area contributed by atoms with E-state index in [0.29, 0.717) is 19.8 Å². The molecular formula is C17H20BrNO3. The number of hydrogen-bond donors (Lipinski definition) is 0. The molecule has 0 unspecified atom stereocenters. The highest BCUT2D eigenvalue weighted by molar-refractivity contribution is 9.10. The molecule has 0 aliphatic carbocycles. The molecule has 0 bridgehead atoms. The Balaban J connectivity index is 2.38. The number of rotatable bonds is 6. The summed E-state index contributed by atoms with van der Waals surface area (Å²) in [4.78, 5) is 12.3. The number of halogens is 1. The number of aryl methyl sites for hydroxylation is 1. The Kier molecular flexibility index (Phi) is 5.80. The van der Waals surface area contributed by atoms with Crippen LogP contribution in [0.25, 0.3) is 11.3 Å². The molecule has 1 aromatic heterocycles. The molecule has 0 fully saturated rings. The molecule has 0 N–H and O–H groups in total. The van der Waals surface area contributed by atoms with Gasteiger partial charge in [-0.1, -0.05) is 6.07 Å². The highest BCUT2D eigenvalue weighted by Gasteiger charge is 2.11. The monoisotopic (exact) mass is 365 g/mol. The maximum Gasteiger partial charge on any atom is 0.253 e. The summed E-state index contributed by atoms with van der Waals surface area (Å²) in [6, 6.07) is 9.61. The predicted molar refractivity (Wildman–Crippen MR) is 91.6 cm³/mol. The van der Waals surface area contributed by atoms with Gasteiger partial charge in [0.25, 0.3) is 5.56 Å². The molecule has 118 valence electrons. The Morgan fingerprint density at radius 1 is 1.18 bits per heavy atom. The van der Waals surface area contributed by atoms with Gasteiger partial charge in [-0.2, -0.15) is 0 Å². The lowest BCUT2D eigenvalue weighted by Crippen LogP contribution is -2.22. The Labute approximate surface area is 138 Å². The van der Waals surface area contributed by atoms with E-state index >= 15 is 0 Å². The second-order valence-electron chi connectivity index (χ2n) is 4.93. The summed E-state index contributed by atoms with van der Waals surface area (Å²) < 4.78 is 13.2. The SMILES string of the molecule is CCn1c(-c2ccc(OCCOC)cc2Br)ccc(C)c1=O. The van der Waals surface area contributed by atoms with Gasteiger partial charge >= 0.3 is 0 Å². The van der Waals surface area contributed by atoms with Crippen LogP contribution in [0.5, 0.6) is 5.75 Å². The number of hydrogen-bond acceptors (Lipinski definition) is 3. The largest absolute Gasteiger partial charge is 0.491 e.